The first-order valence-corrected chi connectivity index (χ1v) is 8.62. The van der Waals surface area contributed by atoms with Crippen LogP contribution in [-0.2, 0) is 4.79 Å². The number of carbonyl (C=O) groups is 1. The van der Waals surface area contributed by atoms with E-state index in [1.54, 1.807) is 7.11 Å². The van der Waals surface area contributed by atoms with Crippen LogP contribution in [0.5, 0.6) is 5.75 Å². The van der Waals surface area contributed by atoms with E-state index in [0.717, 1.165) is 37.1 Å². The van der Waals surface area contributed by atoms with Crippen LogP contribution in [0.2, 0.25) is 0 Å². The number of amides is 1. The van der Waals surface area contributed by atoms with E-state index in [4.69, 9.17) is 10.5 Å². The molecule has 1 fully saturated rings. The Kier molecular flexibility index (Phi) is 9.14. The lowest BCUT2D eigenvalue weighted by atomic mass is 9.84. The number of carbonyl (C=O) groups excluding carboxylic acids is 1. The molecule has 5 heteroatoms. The van der Waals surface area contributed by atoms with Crippen LogP contribution in [-0.4, -0.2) is 32.1 Å². The molecule has 130 valence electrons. The summed E-state index contributed by atoms with van der Waals surface area (Å²) in [5, 5.41) is 6.23. The summed E-state index contributed by atoms with van der Waals surface area (Å²) >= 11 is 0. The molecular formula is C18H31N3O2. The predicted molar refractivity (Wildman–Crippen MR) is 95.8 cm³/mol. The molecule has 2 unspecified atom stereocenters. The lowest BCUT2D eigenvalue weighted by Crippen LogP contribution is -2.44. The van der Waals surface area contributed by atoms with Crippen LogP contribution in [0.1, 0.15) is 39.5 Å². The summed E-state index contributed by atoms with van der Waals surface area (Å²) in [6.07, 6.45) is 4.13. The molecule has 2 rings (SSSR count). The van der Waals surface area contributed by atoms with Gasteiger partial charge in [-0.05, 0) is 37.1 Å². The highest BCUT2D eigenvalue weighted by Gasteiger charge is 2.27. The minimum Gasteiger partial charge on any atom is -0.497 e. The molecule has 23 heavy (non-hydrogen) atoms. The maximum atomic E-state index is 12.1. The SMILES string of the molecule is CC.COc1ccc(NCCNC(=O)C2CCCCC2N)cc1. The van der Waals surface area contributed by atoms with E-state index in [1.165, 1.54) is 0 Å². The Morgan fingerprint density at radius 1 is 1.17 bits per heavy atom. The van der Waals surface area contributed by atoms with Crippen LogP contribution in [0, 0.1) is 5.92 Å². The van der Waals surface area contributed by atoms with E-state index >= 15 is 0 Å². The van der Waals surface area contributed by atoms with Gasteiger partial charge in [0.1, 0.15) is 5.75 Å². The topological polar surface area (TPSA) is 76.4 Å². The first-order chi connectivity index (χ1) is 11.2. The van der Waals surface area contributed by atoms with E-state index in [-0.39, 0.29) is 17.9 Å². The molecular weight excluding hydrogens is 290 g/mol. The molecule has 0 saturated heterocycles. The van der Waals surface area contributed by atoms with Crippen molar-refractivity contribution in [3.05, 3.63) is 24.3 Å². The Hall–Kier alpha value is -1.75. The second-order valence-electron chi connectivity index (χ2n) is 5.50. The fraction of sp³-hybridized carbons (Fsp3) is 0.611. The quantitative estimate of drug-likeness (QED) is 0.704. The molecule has 0 aliphatic heterocycles. The molecule has 0 spiro atoms. The molecule has 1 saturated carbocycles. The van der Waals surface area contributed by atoms with Gasteiger partial charge in [-0.1, -0.05) is 26.7 Å². The van der Waals surface area contributed by atoms with E-state index in [2.05, 4.69) is 10.6 Å². The Morgan fingerprint density at radius 3 is 2.43 bits per heavy atom. The first-order valence-electron chi connectivity index (χ1n) is 8.62. The van der Waals surface area contributed by atoms with Gasteiger partial charge in [-0.3, -0.25) is 4.79 Å². The molecule has 1 aliphatic rings. The Balaban J connectivity index is 0.00000127. The van der Waals surface area contributed by atoms with Gasteiger partial charge in [-0.15, -0.1) is 0 Å². The van der Waals surface area contributed by atoms with Crippen LogP contribution in [0.3, 0.4) is 0 Å². The zero-order valence-corrected chi connectivity index (χ0v) is 14.6. The van der Waals surface area contributed by atoms with Crippen molar-refractivity contribution in [2.45, 2.75) is 45.6 Å². The van der Waals surface area contributed by atoms with Crippen molar-refractivity contribution in [3.8, 4) is 5.75 Å². The molecule has 0 aromatic heterocycles. The van der Waals surface area contributed by atoms with E-state index < -0.39 is 0 Å². The van der Waals surface area contributed by atoms with Crippen LogP contribution in [0.15, 0.2) is 24.3 Å². The number of methoxy groups -OCH3 is 1. The fourth-order valence-corrected chi connectivity index (χ4v) is 2.72. The molecule has 5 nitrogen and oxygen atoms in total. The van der Waals surface area contributed by atoms with Crippen molar-refractivity contribution in [2.24, 2.45) is 11.7 Å². The molecule has 1 amide bonds. The molecule has 1 aromatic carbocycles. The maximum Gasteiger partial charge on any atom is 0.224 e. The van der Waals surface area contributed by atoms with Gasteiger partial charge >= 0.3 is 0 Å². The molecule has 1 aromatic rings. The van der Waals surface area contributed by atoms with Crippen LogP contribution < -0.4 is 21.1 Å². The van der Waals surface area contributed by atoms with Gasteiger partial charge < -0.3 is 21.1 Å². The molecule has 4 N–H and O–H groups in total. The van der Waals surface area contributed by atoms with Crippen molar-refractivity contribution in [1.29, 1.82) is 0 Å². The number of rotatable bonds is 6. The van der Waals surface area contributed by atoms with Crippen molar-refractivity contribution in [1.82, 2.24) is 5.32 Å². The lowest BCUT2D eigenvalue weighted by molar-refractivity contribution is -0.126. The summed E-state index contributed by atoms with van der Waals surface area (Å²) < 4.78 is 5.11. The number of nitrogens with one attached hydrogen (secondary N) is 2. The molecule has 0 bridgehead atoms. The number of nitrogens with two attached hydrogens (primary N) is 1. The maximum absolute atomic E-state index is 12.1. The van der Waals surface area contributed by atoms with Gasteiger partial charge in [-0.2, -0.15) is 0 Å². The highest BCUT2D eigenvalue weighted by molar-refractivity contribution is 5.79. The standard InChI is InChI=1S/C16H25N3O2.C2H6/c1-21-13-8-6-12(7-9-13)18-10-11-19-16(20)14-4-2-3-5-15(14)17;1-2/h6-9,14-15,18H,2-5,10-11,17H2,1H3,(H,19,20);1-2H3. The smallest absolute Gasteiger partial charge is 0.224 e. The highest BCUT2D eigenvalue weighted by Crippen LogP contribution is 2.22. The molecule has 1 aliphatic carbocycles. The summed E-state index contributed by atoms with van der Waals surface area (Å²) in [6, 6.07) is 7.74. The monoisotopic (exact) mass is 321 g/mol. The Morgan fingerprint density at radius 2 is 1.83 bits per heavy atom. The van der Waals surface area contributed by atoms with Crippen molar-refractivity contribution in [3.63, 3.8) is 0 Å². The average Bonchev–Trinajstić information content (AvgIpc) is 2.61. The van der Waals surface area contributed by atoms with Crippen molar-refractivity contribution in [2.75, 3.05) is 25.5 Å². The summed E-state index contributed by atoms with van der Waals surface area (Å²) in [5.41, 5.74) is 7.03. The van der Waals surface area contributed by atoms with Crippen molar-refractivity contribution < 1.29 is 9.53 Å². The van der Waals surface area contributed by atoms with E-state index in [1.807, 2.05) is 38.1 Å². The van der Waals surface area contributed by atoms with Crippen LogP contribution in [0.25, 0.3) is 0 Å². The molecule has 0 radical (unpaired) electrons. The van der Waals surface area contributed by atoms with Gasteiger partial charge in [0, 0.05) is 24.8 Å². The zero-order chi connectivity index (χ0) is 17.1. The second-order valence-corrected chi connectivity index (χ2v) is 5.50. The van der Waals surface area contributed by atoms with Crippen LogP contribution >= 0.6 is 0 Å². The number of hydrogen-bond acceptors (Lipinski definition) is 4. The zero-order valence-electron chi connectivity index (χ0n) is 14.6. The lowest BCUT2D eigenvalue weighted by Gasteiger charge is -2.27. The molecule has 2 atom stereocenters. The van der Waals surface area contributed by atoms with Gasteiger partial charge in [0.25, 0.3) is 0 Å². The van der Waals surface area contributed by atoms with Gasteiger partial charge in [0.05, 0.1) is 13.0 Å². The number of hydrogen-bond donors (Lipinski definition) is 3. The molecule has 0 heterocycles. The predicted octanol–water partition coefficient (Wildman–Crippen LogP) is 2.77. The number of anilines is 1. The summed E-state index contributed by atoms with van der Waals surface area (Å²) in [6.45, 7) is 5.30. The summed E-state index contributed by atoms with van der Waals surface area (Å²) in [5.74, 6) is 0.915. The van der Waals surface area contributed by atoms with E-state index in [0.29, 0.717) is 13.1 Å². The summed E-state index contributed by atoms with van der Waals surface area (Å²) in [7, 11) is 1.65. The van der Waals surface area contributed by atoms with Gasteiger partial charge in [0.15, 0.2) is 0 Å². The first kappa shape index (κ1) is 19.3. The second kappa shape index (κ2) is 10.9. The number of benzene rings is 1. The van der Waals surface area contributed by atoms with E-state index in [9.17, 15) is 4.79 Å². The fourth-order valence-electron chi connectivity index (χ4n) is 2.72. The largest absolute Gasteiger partial charge is 0.497 e. The number of ether oxygens (including phenoxy) is 1. The normalized spacial score (nSPS) is 20.0. The highest BCUT2D eigenvalue weighted by atomic mass is 16.5. The third-order valence-electron chi connectivity index (χ3n) is 4.00. The Labute approximate surface area is 140 Å². The van der Waals surface area contributed by atoms with Gasteiger partial charge in [0.2, 0.25) is 5.91 Å². The Bertz CT molecular complexity index is 448. The third-order valence-corrected chi connectivity index (χ3v) is 4.00. The minimum absolute atomic E-state index is 0.0141. The van der Waals surface area contributed by atoms with Gasteiger partial charge in [-0.25, -0.2) is 0 Å². The van der Waals surface area contributed by atoms with Crippen LogP contribution in [0.4, 0.5) is 5.69 Å². The third kappa shape index (κ3) is 6.48. The van der Waals surface area contributed by atoms with Crippen molar-refractivity contribution >= 4 is 11.6 Å². The minimum atomic E-state index is -0.0141. The summed E-state index contributed by atoms with van der Waals surface area (Å²) in [4.78, 5) is 12.1. The average molecular weight is 321 g/mol.